The molecule has 1 aliphatic heterocycles. The van der Waals surface area contributed by atoms with Gasteiger partial charge in [0.2, 0.25) is 11.9 Å². The van der Waals surface area contributed by atoms with Crippen molar-refractivity contribution in [3.05, 3.63) is 75.9 Å². The van der Waals surface area contributed by atoms with Crippen molar-refractivity contribution in [2.45, 2.75) is 26.3 Å². The Morgan fingerprint density at radius 1 is 1.20 bits per heavy atom. The topological polar surface area (TPSA) is 87.3 Å². The third kappa shape index (κ3) is 5.07. The van der Waals surface area contributed by atoms with Gasteiger partial charge in [-0.2, -0.15) is 0 Å². The molecule has 5 rings (SSSR count). The Bertz CT molecular complexity index is 1360. The normalized spacial score (nSPS) is 15.8. The van der Waals surface area contributed by atoms with Crippen molar-refractivity contribution in [3.8, 4) is 16.9 Å². The second-order valence-electron chi connectivity index (χ2n) is 8.66. The summed E-state index contributed by atoms with van der Waals surface area (Å²) in [4.78, 5) is 35.6. The van der Waals surface area contributed by atoms with Crippen LogP contribution in [0, 0.1) is 5.92 Å². The van der Waals surface area contributed by atoms with Crippen molar-refractivity contribution < 1.29 is 9.53 Å². The number of anilines is 1. The lowest BCUT2D eigenvalue weighted by atomic mass is 9.97. The lowest BCUT2D eigenvalue weighted by molar-refractivity contribution is -0.125. The summed E-state index contributed by atoms with van der Waals surface area (Å²) in [7, 11) is 0. The zero-order valence-electron chi connectivity index (χ0n) is 19.6. The van der Waals surface area contributed by atoms with Crippen LogP contribution in [0.5, 0.6) is 5.75 Å². The first-order chi connectivity index (χ1) is 17.1. The summed E-state index contributed by atoms with van der Waals surface area (Å²) in [6.07, 6.45) is 1.67. The number of carbonyl (C=O) groups excluding carboxylic acids is 1. The molecule has 35 heavy (non-hydrogen) atoms. The van der Waals surface area contributed by atoms with Crippen molar-refractivity contribution in [1.29, 1.82) is 0 Å². The predicted molar refractivity (Wildman–Crippen MR) is 140 cm³/mol. The molecule has 1 atom stereocenters. The first-order valence-corrected chi connectivity index (χ1v) is 12.8. The number of ether oxygens (including phenoxy) is 1. The molecule has 2 aromatic carbocycles. The number of aromatic nitrogens is 2. The van der Waals surface area contributed by atoms with Crippen molar-refractivity contribution >= 4 is 33.4 Å². The largest absolute Gasteiger partial charge is 0.494 e. The van der Waals surface area contributed by atoms with Gasteiger partial charge in [0.15, 0.2) is 0 Å². The van der Waals surface area contributed by atoms with Crippen LogP contribution in [0.25, 0.3) is 21.3 Å². The van der Waals surface area contributed by atoms with Gasteiger partial charge >= 0.3 is 0 Å². The molecule has 1 fully saturated rings. The third-order valence-electron chi connectivity index (χ3n) is 6.29. The predicted octanol–water partition coefficient (Wildman–Crippen LogP) is 4.58. The van der Waals surface area contributed by atoms with E-state index in [1.807, 2.05) is 71.8 Å². The van der Waals surface area contributed by atoms with Gasteiger partial charge in [-0.25, -0.2) is 4.98 Å². The highest BCUT2D eigenvalue weighted by atomic mass is 32.1. The average Bonchev–Trinajstić information content (AvgIpc) is 3.34. The molecular formula is C27H28N4O3S. The zero-order chi connectivity index (χ0) is 24.2. The maximum absolute atomic E-state index is 12.9. The van der Waals surface area contributed by atoms with Crippen LogP contribution in [0.1, 0.15) is 25.3 Å². The number of nitrogens with one attached hydrogen (secondary N) is 2. The molecule has 2 aromatic heterocycles. The second-order valence-corrected chi connectivity index (χ2v) is 9.54. The molecular weight excluding hydrogens is 460 g/mol. The van der Waals surface area contributed by atoms with Gasteiger partial charge in [0.1, 0.15) is 10.4 Å². The number of thiophene rings is 1. The molecule has 7 nitrogen and oxygen atoms in total. The van der Waals surface area contributed by atoms with E-state index in [1.54, 1.807) is 0 Å². The number of hydrogen-bond donors (Lipinski definition) is 2. The summed E-state index contributed by atoms with van der Waals surface area (Å²) in [6, 6.07) is 17.7. The van der Waals surface area contributed by atoms with E-state index in [9.17, 15) is 9.59 Å². The number of hydrogen-bond acceptors (Lipinski definition) is 6. The fraction of sp³-hybridized carbons (Fsp3) is 0.296. The third-order valence-corrected chi connectivity index (χ3v) is 7.26. The van der Waals surface area contributed by atoms with Crippen molar-refractivity contribution in [2.24, 2.45) is 5.92 Å². The maximum atomic E-state index is 12.9. The van der Waals surface area contributed by atoms with Crippen LogP contribution in [0.3, 0.4) is 0 Å². The quantitative estimate of drug-likeness (QED) is 0.398. The minimum absolute atomic E-state index is 0.0208. The zero-order valence-corrected chi connectivity index (χ0v) is 20.4. The van der Waals surface area contributed by atoms with Gasteiger partial charge in [0.05, 0.1) is 18.0 Å². The minimum Gasteiger partial charge on any atom is -0.494 e. The highest BCUT2D eigenvalue weighted by Gasteiger charge is 2.27. The van der Waals surface area contributed by atoms with E-state index < -0.39 is 0 Å². The summed E-state index contributed by atoms with van der Waals surface area (Å²) < 4.78 is 6.09. The Morgan fingerprint density at radius 3 is 2.77 bits per heavy atom. The number of rotatable bonds is 7. The first-order valence-electron chi connectivity index (χ1n) is 11.9. The van der Waals surface area contributed by atoms with E-state index in [-0.39, 0.29) is 17.4 Å². The van der Waals surface area contributed by atoms with Gasteiger partial charge in [0, 0.05) is 30.6 Å². The Labute approximate surface area is 207 Å². The Kier molecular flexibility index (Phi) is 6.81. The summed E-state index contributed by atoms with van der Waals surface area (Å²) >= 11 is 1.41. The average molecular weight is 489 g/mol. The van der Waals surface area contributed by atoms with Crippen LogP contribution in [0.4, 0.5) is 5.95 Å². The molecule has 0 saturated carbocycles. The van der Waals surface area contributed by atoms with E-state index in [4.69, 9.17) is 9.72 Å². The molecule has 0 spiro atoms. The van der Waals surface area contributed by atoms with Gasteiger partial charge in [-0.05, 0) is 43.0 Å². The molecule has 3 heterocycles. The molecule has 0 bridgehead atoms. The summed E-state index contributed by atoms with van der Waals surface area (Å²) in [5.41, 5.74) is 3.59. The first kappa shape index (κ1) is 23.1. The number of nitrogens with zero attached hydrogens (tertiary/aromatic N) is 2. The van der Waals surface area contributed by atoms with E-state index in [1.165, 1.54) is 11.3 Å². The molecule has 0 radical (unpaired) electrons. The fourth-order valence-corrected chi connectivity index (χ4v) is 5.38. The van der Waals surface area contributed by atoms with Crippen molar-refractivity contribution in [3.63, 3.8) is 0 Å². The number of piperidine rings is 1. The number of carbonyl (C=O) groups is 1. The van der Waals surface area contributed by atoms with Crippen LogP contribution in [-0.4, -0.2) is 35.6 Å². The molecule has 4 aromatic rings. The standard InChI is InChI=1S/C27H28N4O3S/c1-2-34-21-12-10-18(11-13-21)15-28-25(32)20-9-6-14-31(16-20)27-29-23-22(19-7-4-3-5-8-19)17-35-24(23)26(33)30-27/h3-5,7-8,10-13,17,20H,2,6,9,14-16H2,1H3,(H,28,32)(H,29,30,33)/t20-/m1/s1. The van der Waals surface area contributed by atoms with Crippen LogP contribution in [0.2, 0.25) is 0 Å². The Hall–Kier alpha value is -3.65. The van der Waals surface area contributed by atoms with E-state index in [0.717, 1.165) is 41.8 Å². The maximum Gasteiger partial charge on any atom is 0.270 e. The highest BCUT2D eigenvalue weighted by Crippen LogP contribution is 2.32. The number of fused-ring (bicyclic) bond motifs is 1. The number of amides is 1. The lowest BCUT2D eigenvalue weighted by Gasteiger charge is -2.32. The summed E-state index contributed by atoms with van der Waals surface area (Å²) in [5.74, 6) is 1.21. The van der Waals surface area contributed by atoms with E-state index in [0.29, 0.717) is 35.9 Å². The van der Waals surface area contributed by atoms with Crippen LogP contribution in [0.15, 0.2) is 64.8 Å². The molecule has 8 heteroatoms. The monoisotopic (exact) mass is 488 g/mol. The van der Waals surface area contributed by atoms with Crippen LogP contribution in [-0.2, 0) is 11.3 Å². The number of aromatic amines is 1. The number of H-pyrrole nitrogens is 1. The van der Waals surface area contributed by atoms with Gasteiger partial charge in [0.25, 0.3) is 5.56 Å². The fourth-order valence-electron chi connectivity index (χ4n) is 4.48. The lowest BCUT2D eigenvalue weighted by Crippen LogP contribution is -2.44. The van der Waals surface area contributed by atoms with Gasteiger partial charge in [-0.3, -0.25) is 14.6 Å². The summed E-state index contributed by atoms with van der Waals surface area (Å²) in [6.45, 7) is 4.32. The van der Waals surface area contributed by atoms with Crippen LogP contribution < -0.4 is 20.5 Å². The summed E-state index contributed by atoms with van der Waals surface area (Å²) in [5, 5.41) is 5.05. The molecule has 1 saturated heterocycles. The molecule has 1 aliphatic rings. The Balaban J connectivity index is 1.30. The SMILES string of the molecule is CCOc1ccc(CNC(=O)[C@@H]2CCCN(c3nc4c(-c5ccccc5)csc4c(=O)[nH]3)C2)cc1. The number of benzene rings is 2. The van der Waals surface area contributed by atoms with E-state index in [2.05, 4.69) is 10.3 Å². The minimum atomic E-state index is -0.163. The van der Waals surface area contributed by atoms with Crippen molar-refractivity contribution in [2.75, 3.05) is 24.6 Å². The van der Waals surface area contributed by atoms with Gasteiger partial charge in [-0.1, -0.05) is 42.5 Å². The highest BCUT2D eigenvalue weighted by molar-refractivity contribution is 7.17. The van der Waals surface area contributed by atoms with Crippen LogP contribution >= 0.6 is 11.3 Å². The second kappa shape index (κ2) is 10.3. The molecule has 0 aliphatic carbocycles. The molecule has 180 valence electrons. The van der Waals surface area contributed by atoms with Crippen molar-refractivity contribution in [1.82, 2.24) is 15.3 Å². The smallest absolute Gasteiger partial charge is 0.270 e. The van der Waals surface area contributed by atoms with Gasteiger partial charge in [-0.15, -0.1) is 11.3 Å². The van der Waals surface area contributed by atoms with E-state index >= 15 is 0 Å². The van der Waals surface area contributed by atoms with Gasteiger partial charge < -0.3 is 15.0 Å². The molecule has 2 N–H and O–H groups in total. The molecule has 1 amide bonds. The Morgan fingerprint density at radius 2 is 2.00 bits per heavy atom. The molecule has 0 unspecified atom stereocenters.